The molecule has 0 bridgehead atoms. The molecule has 0 N–H and O–H groups in total. The number of carbonyl (C=O) groups is 3. The zero-order chi connectivity index (χ0) is 30.8. The summed E-state index contributed by atoms with van der Waals surface area (Å²) in [5.74, 6) is -0.789. The van der Waals surface area contributed by atoms with Crippen molar-refractivity contribution >= 4 is 51.9 Å². The number of nitrogens with zero attached hydrogens (tertiary/aromatic N) is 3. The molecule has 0 saturated carbocycles. The molecule has 0 saturated heterocycles. The third kappa shape index (κ3) is 7.70. The summed E-state index contributed by atoms with van der Waals surface area (Å²) >= 11 is 0.868. The Bertz CT molecular complexity index is 1510. The van der Waals surface area contributed by atoms with E-state index in [1.165, 1.54) is 47.7 Å². The molecule has 2 heterocycles. The molecule has 14 heteroatoms. The van der Waals surface area contributed by atoms with Gasteiger partial charge in [-0.05, 0) is 72.2 Å². The zero-order valence-electron chi connectivity index (χ0n) is 23.9. The Kier molecular flexibility index (Phi) is 9.28. The van der Waals surface area contributed by atoms with E-state index in [1.807, 2.05) is 0 Å². The molecule has 2 amide bonds. The van der Waals surface area contributed by atoms with E-state index in [-0.39, 0.29) is 11.5 Å². The van der Waals surface area contributed by atoms with Gasteiger partial charge in [0, 0.05) is 29.2 Å². The standard InChI is InChI=1S/C27H33N3O9S2/c1-8-37-21(31)17-28-15-14-20(41(35,36)29-16-13-18-11-9-10-12-19(18)40-29)22(23(28)32)30(24(33)38-26(2,3)4)25(34)39-27(5,6)7/h9-16H,8,17H2,1-7H3. The molecule has 41 heavy (non-hydrogen) atoms. The summed E-state index contributed by atoms with van der Waals surface area (Å²) < 4.78 is 45.4. The summed E-state index contributed by atoms with van der Waals surface area (Å²) in [5.41, 5.74) is -3.50. The van der Waals surface area contributed by atoms with Gasteiger partial charge < -0.3 is 18.8 Å². The van der Waals surface area contributed by atoms with E-state index in [0.29, 0.717) is 4.90 Å². The van der Waals surface area contributed by atoms with Crippen LogP contribution in [0.25, 0.3) is 6.08 Å². The topological polar surface area (TPSA) is 142 Å². The molecule has 2 aromatic rings. The molecule has 1 aromatic carbocycles. The fourth-order valence-electron chi connectivity index (χ4n) is 3.50. The Morgan fingerprint density at radius 1 is 0.951 bits per heavy atom. The maximum absolute atomic E-state index is 14.0. The minimum absolute atomic E-state index is 0.0365. The van der Waals surface area contributed by atoms with Crippen molar-refractivity contribution < 1.29 is 37.0 Å². The molecule has 0 unspecified atom stereocenters. The quantitative estimate of drug-likeness (QED) is 0.256. The number of pyridine rings is 1. The van der Waals surface area contributed by atoms with Crippen LogP contribution in [-0.2, 0) is 35.6 Å². The minimum atomic E-state index is -4.59. The second-order valence-corrected chi connectivity index (χ2v) is 13.8. The second-order valence-electron chi connectivity index (χ2n) is 10.8. The number of fused-ring (bicyclic) bond motifs is 1. The number of hydrogen-bond donors (Lipinski definition) is 0. The van der Waals surface area contributed by atoms with Crippen molar-refractivity contribution in [1.82, 2.24) is 8.28 Å². The van der Waals surface area contributed by atoms with Gasteiger partial charge in [0.25, 0.3) is 15.6 Å². The number of hydrogen-bond acceptors (Lipinski definition) is 10. The Morgan fingerprint density at radius 3 is 2.10 bits per heavy atom. The number of esters is 1. The maximum atomic E-state index is 14.0. The van der Waals surface area contributed by atoms with Crippen LogP contribution in [0.15, 0.2) is 57.3 Å². The van der Waals surface area contributed by atoms with Gasteiger partial charge in [0.1, 0.15) is 28.3 Å². The number of aromatic nitrogens is 1. The highest BCUT2D eigenvalue weighted by Crippen LogP contribution is 2.38. The van der Waals surface area contributed by atoms with E-state index < -0.39 is 62.1 Å². The summed E-state index contributed by atoms with van der Waals surface area (Å²) in [5, 5.41) is 0. The summed E-state index contributed by atoms with van der Waals surface area (Å²) in [7, 11) is -4.59. The highest BCUT2D eigenvalue weighted by Gasteiger charge is 2.40. The molecule has 0 aliphatic carbocycles. The lowest BCUT2D eigenvalue weighted by Crippen LogP contribution is -2.47. The van der Waals surface area contributed by atoms with Gasteiger partial charge in [-0.15, -0.1) is 0 Å². The van der Waals surface area contributed by atoms with Crippen LogP contribution < -0.4 is 10.5 Å². The first-order valence-electron chi connectivity index (χ1n) is 12.6. The summed E-state index contributed by atoms with van der Waals surface area (Å²) in [6.45, 7) is 10.2. The van der Waals surface area contributed by atoms with Crippen molar-refractivity contribution in [1.29, 1.82) is 0 Å². The van der Waals surface area contributed by atoms with Gasteiger partial charge in [-0.2, -0.15) is 4.90 Å². The normalized spacial score (nSPS) is 13.3. The highest BCUT2D eigenvalue weighted by molar-refractivity contribution is 8.08. The third-order valence-electron chi connectivity index (χ3n) is 5.08. The molecule has 3 rings (SSSR count). The predicted octanol–water partition coefficient (Wildman–Crippen LogP) is 4.77. The van der Waals surface area contributed by atoms with Crippen molar-refractivity contribution in [3.63, 3.8) is 0 Å². The summed E-state index contributed by atoms with van der Waals surface area (Å²) in [6.07, 6.45) is 1.25. The molecule has 1 aromatic heterocycles. The summed E-state index contributed by atoms with van der Waals surface area (Å²) in [4.78, 5) is 53.1. The van der Waals surface area contributed by atoms with Crippen LogP contribution in [0.1, 0.15) is 54.0 Å². The lowest BCUT2D eigenvalue weighted by atomic mass is 10.2. The van der Waals surface area contributed by atoms with Gasteiger partial charge in [0.15, 0.2) is 0 Å². The first-order chi connectivity index (χ1) is 18.9. The average molecular weight is 608 g/mol. The largest absolute Gasteiger partial charge is 0.465 e. The Morgan fingerprint density at radius 2 is 1.54 bits per heavy atom. The van der Waals surface area contributed by atoms with Gasteiger partial charge in [-0.25, -0.2) is 21.7 Å². The van der Waals surface area contributed by atoms with Crippen LogP contribution in [0.4, 0.5) is 15.3 Å². The fourth-order valence-corrected chi connectivity index (χ4v) is 6.14. The average Bonchev–Trinajstić information content (AvgIpc) is 2.84. The van der Waals surface area contributed by atoms with Crippen molar-refractivity contribution in [3.05, 3.63) is 58.6 Å². The Hall–Kier alpha value is -3.78. The molecule has 1 aliphatic rings. The number of anilines is 1. The molecule has 1 aliphatic heterocycles. The van der Waals surface area contributed by atoms with E-state index in [1.54, 1.807) is 37.3 Å². The third-order valence-corrected chi connectivity index (χ3v) is 8.24. The van der Waals surface area contributed by atoms with Gasteiger partial charge in [-0.3, -0.25) is 9.59 Å². The number of amides is 2. The number of ether oxygens (including phenoxy) is 3. The van der Waals surface area contributed by atoms with E-state index in [4.69, 9.17) is 14.2 Å². The van der Waals surface area contributed by atoms with Crippen molar-refractivity contribution in [2.24, 2.45) is 0 Å². The molecular formula is C27H33N3O9S2. The number of rotatable bonds is 6. The number of imide groups is 1. The van der Waals surface area contributed by atoms with Gasteiger partial charge in [0.2, 0.25) is 0 Å². The van der Waals surface area contributed by atoms with Crippen LogP contribution in [0.3, 0.4) is 0 Å². The lowest BCUT2D eigenvalue weighted by Gasteiger charge is -2.30. The minimum Gasteiger partial charge on any atom is -0.465 e. The van der Waals surface area contributed by atoms with Crippen LogP contribution in [0.2, 0.25) is 0 Å². The first kappa shape index (κ1) is 31.7. The highest BCUT2D eigenvalue weighted by atomic mass is 32.3. The van der Waals surface area contributed by atoms with Crippen LogP contribution in [-0.4, -0.2) is 52.7 Å². The lowest BCUT2D eigenvalue weighted by molar-refractivity contribution is -0.143. The van der Waals surface area contributed by atoms with Gasteiger partial charge in [-0.1, -0.05) is 18.2 Å². The van der Waals surface area contributed by atoms with E-state index in [0.717, 1.165) is 38.1 Å². The molecular weight excluding hydrogens is 574 g/mol. The van der Waals surface area contributed by atoms with Crippen LogP contribution >= 0.6 is 11.9 Å². The molecule has 0 fully saturated rings. The fraction of sp³-hybridized carbons (Fsp3) is 0.407. The predicted molar refractivity (Wildman–Crippen MR) is 153 cm³/mol. The summed E-state index contributed by atoms with van der Waals surface area (Å²) in [6, 6.07) is 8.09. The monoisotopic (exact) mass is 607 g/mol. The second kappa shape index (κ2) is 12.0. The number of benzene rings is 1. The molecule has 12 nitrogen and oxygen atoms in total. The van der Waals surface area contributed by atoms with Crippen molar-refractivity contribution in [2.45, 2.75) is 76.0 Å². The number of carbonyl (C=O) groups excluding carboxylic acids is 3. The van der Waals surface area contributed by atoms with E-state index in [2.05, 4.69) is 0 Å². The van der Waals surface area contributed by atoms with Crippen molar-refractivity contribution in [3.8, 4) is 0 Å². The maximum Gasteiger partial charge on any atom is 0.424 e. The van der Waals surface area contributed by atoms with E-state index >= 15 is 0 Å². The smallest absolute Gasteiger partial charge is 0.424 e. The van der Waals surface area contributed by atoms with Crippen molar-refractivity contribution in [2.75, 3.05) is 11.5 Å². The van der Waals surface area contributed by atoms with E-state index in [9.17, 15) is 27.6 Å². The Balaban J connectivity index is 2.27. The SMILES string of the molecule is CCOC(=O)Cn1ccc(S(=O)(=O)N2C=Cc3ccccc3S2)c(N(C(=O)OC(C)(C)C)C(=O)OC(C)(C)C)c1=O. The molecule has 0 atom stereocenters. The first-order valence-corrected chi connectivity index (χ1v) is 14.8. The molecule has 0 radical (unpaired) electrons. The van der Waals surface area contributed by atoms with Gasteiger partial charge >= 0.3 is 18.2 Å². The van der Waals surface area contributed by atoms with Gasteiger partial charge in [0.05, 0.1) is 6.61 Å². The molecule has 0 spiro atoms. The Labute approximate surface area is 243 Å². The van der Waals surface area contributed by atoms with Crippen LogP contribution in [0.5, 0.6) is 0 Å². The molecule has 222 valence electrons. The zero-order valence-corrected chi connectivity index (χ0v) is 25.5. The number of sulfonamides is 1. The van der Waals surface area contributed by atoms with Crippen LogP contribution in [0, 0.1) is 0 Å².